The van der Waals surface area contributed by atoms with Crippen molar-refractivity contribution in [2.24, 2.45) is 0 Å². The lowest BCUT2D eigenvalue weighted by atomic mass is 10.4. The standard InChI is InChI=1S/C13H16ClN5OS/c1-3-18(4-2)11(20)10-8-19(13(17-10)21-9-14)12-15-6-5-7-16-12/h5-8H,3-4,9H2,1-2H3. The maximum absolute atomic E-state index is 12.4. The van der Waals surface area contributed by atoms with Gasteiger partial charge in [-0.15, -0.1) is 11.6 Å². The smallest absolute Gasteiger partial charge is 0.274 e. The number of carbonyl (C=O) groups excluding carboxylic acids is 1. The van der Waals surface area contributed by atoms with E-state index >= 15 is 0 Å². The molecule has 0 radical (unpaired) electrons. The van der Waals surface area contributed by atoms with Crippen LogP contribution in [-0.4, -0.2) is 48.6 Å². The quantitative estimate of drug-likeness (QED) is 0.603. The molecular weight excluding hydrogens is 310 g/mol. The van der Waals surface area contributed by atoms with Crippen LogP contribution in [-0.2, 0) is 0 Å². The molecule has 1 amide bonds. The highest BCUT2D eigenvalue weighted by Gasteiger charge is 2.20. The predicted molar refractivity (Wildman–Crippen MR) is 83.0 cm³/mol. The largest absolute Gasteiger partial charge is 0.338 e. The molecule has 2 rings (SSSR count). The molecule has 0 aromatic carbocycles. The average molecular weight is 326 g/mol. The lowest BCUT2D eigenvalue weighted by Crippen LogP contribution is -2.30. The summed E-state index contributed by atoms with van der Waals surface area (Å²) in [4.78, 5) is 26.8. The maximum atomic E-state index is 12.4. The normalized spacial score (nSPS) is 10.6. The van der Waals surface area contributed by atoms with E-state index in [0.717, 1.165) is 0 Å². The van der Waals surface area contributed by atoms with E-state index in [1.54, 1.807) is 34.1 Å². The van der Waals surface area contributed by atoms with Gasteiger partial charge in [0.2, 0.25) is 5.95 Å². The monoisotopic (exact) mass is 325 g/mol. The van der Waals surface area contributed by atoms with Crippen LogP contribution >= 0.6 is 23.4 Å². The third-order valence-corrected chi connectivity index (χ3v) is 3.88. The third-order valence-electron chi connectivity index (χ3n) is 2.89. The van der Waals surface area contributed by atoms with Gasteiger partial charge in [-0.05, 0) is 19.9 Å². The first-order valence-electron chi connectivity index (χ1n) is 6.56. The van der Waals surface area contributed by atoms with Gasteiger partial charge in [0.15, 0.2) is 5.16 Å². The molecule has 8 heteroatoms. The topological polar surface area (TPSA) is 63.9 Å². The SMILES string of the molecule is CCN(CC)C(=O)c1cn(-c2ncccn2)c(SCCl)n1. The molecule has 0 aliphatic rings. The van der Waals surface area contributed by atoms with Crippen molar-refractivity contribution >= 4 is 29.3 Å². The molecule has 0 saturated carbocycles. The Labute approximate surface area is 132 Å². The summed E-state index contributed by atoms with van der Waals surface area (Å²) < 4.78 is 1.68. The van der Waals surface area contributed by atoms with Gasteiger partial charge in [0.05, 0.1) is 5.21 Å². The number of imidazole rings is 1. The molecule has 0 N–H and O–H groups in total. The van der Waals surface area contributed by atoms with Crippen molar-refractivity contribution in [2.75, 3.05) is 18.3 Å². The Morgan fingerprint density at radius 1 is 1.33 bits per heavy atom. The van der Waals surface area contributed by atoms with Gasteiger partial charge in [0.1, 0.15) is 5.69 Å². The molecule has 112 valence electrons. The summed E-state index contributed by atoms with van der Waals surface area (Å²) in [6.07, 6.45) is 4.94. The van der Waals surface area contributed by atoms with Crippen molar-refractivity contribution < 1.29 is 4.79 Å². The maximum Gasteiger partial charge on any atom is 0.274 e. The highest BCUT2D eigenvalue weighted by molar-refractivity contribution is 8.00. The molecule has 2 aromatic heterocycles. The first-order chi connectivity index (χ1) is 10.2. The summed E-state index contributed by atoms with van der Waals surface area (Å²) in [5.74, 6) is 0.363. The number of amides is 1. The minimum atomic E-state index is -0.105. The molecule has 6 nitrogen and oxygen atoms in total. The van der Waals surface area contributed by atoms with E-state index in [0.29, 0.717) is 35.1 Å². The van der Waals surface area contributed by atoms with Crippen LogP contribution in [0.2, 0.25) is 0 Å². The van der Waals surface area contributed by atoms with Gasteiger partial charge in [-0.2, -0.15) is 0 Å². The number of hydrogen-bond acceptors (Lipinski definition) is 5. The van der Waals surface area contributed by atoms with Gasteiger partial charge in [-0.25, -0.2) is 15.0 Å². The van der Waals surface area contributed by atoms with Gasteiger partial charge in [-0.1, -0.05) is 11.8 Å². The minimum Gasteiger partial charge on any atom is -0.338 e. The lowest BCUT2D eigenvalue weighted by Gasteiger charge is -2.16. The second-order valence-corrected chi connectivity index (χ2v) is 5.59. The Kier molecular flexibility index (Phi) is 5.58. The summed E-state index contributed by atoms with van der Waals surface area (Å²) in [5, 5.41) is 0.939. The van der Waals surface area contributed by atoms with Crippen LogP contribution in [0.1, 0.15) is 24.3 Å². The van der Waals surface area contributed by atoms with Crippen molar-refractivity contribution in [1.29, 1.82) is 0 Å². The first-order valence-corrected chi connectivity index (χ1v) is 8.08. The van der Waals surface area contributed by atoms with Crippen molar-refractivity contribution in [2.45, 2.75) is 19.0 Å². The summed E-state index contributed by atoms with van der Waals surface area (Å²) in [5.41, 5.74) is 0.374. The highest BCUT2D eigenvalue weighted by atomic mass is 35.5. The molecule has 0 aliphatic heterocycles. The third kappa shape index (κ3) is 3.54. The summed E-state index contributed by atoms with van der Waals surface area (Å²) in [7, 11) is 0. The van der Waals surface area contributed by atoms with E-state index in [1.807, 2.05) is 13.8 Å². The van der Waals surface area contributed by atoms with Crippen molar-refractivity contribution in [3.8, 4) is 5.95 Å². The fourth-order valence-electron chi connectivity index (χ4n) is 1.85. The molecule has 0 aliphatic carbocycles. The number of alkyl halides is 1. The van der Waals surface area contributed by atoms with Gasteiger partial charge in [-0.3, -0.25) is 9.36 Å². The number of carbonyl (C=O) groups is 1. The second-order valence-electron chi connectivity index (χ2n) is 4.06. The number of thioether (sulfide) groups is 1. The summed E-state index contributed by atoms with van der Waals surface area (Å²) in [6, 6.07) is 1.73. The zero-order valence-corrected chi connectivity index (χ0v) is 13.4. The molecule has 2 aromatic rings. The fourth-order valence-corrected chi connectivity index (χ4v) is 2.68. The molecule has 2 heterocycles. The molecule has 21 heavy (non-hydrogen) atoms. The fraction of sp³-hybridized carbons (Fsp3) is 0.385. The minimum absolute atomic E-state index is 0.105. The van der Waals surface area contributed by atoms with Crippen LogP contribution in [0, 0.1) is 0 Å². The summed E-state index contributed by atoms with van der Waals surface area (Å²) in [6.45, 7) is 5.16. The van der Waals surface area contributed by atoms with Crippen LogP contribution in [0.3, 0.4) is 0 Å². The number of hydrogen-bond donors (Lipinski definition) is 0. The zero-order valence-electron chi connectivity index (χ0n) is 11.9. The highest BCUT2D eigenvalue weighted by Crippen LogP contribution is 2.21. The molecule has 0 unspecified atom stereocenters. The van der Waals surface area contributed by atoms with Crippen LogP contribution in [0.25, 0.3) is 5.95 Å². The molecule has 0 spiro atoms. The van der Waals surface area contributed by atoms with E-state index in [4.69, 9.17) is 11.6 Å². The van der Waals surface area contributed by atoms with E-state index in [2.05, 4.69) is 15.0 Å². The molecular formula is C13H16ClN5OS. The predicted octanol–water partition coefficient (Wildman–Crippen LogP) is 2.43. The first kappa shape index (κ1) is 15.8. The van der Waals surface area contributed by atoms with E-state index < -0.39 is 0 Å². The van der Waals surface area contributed by atoms with Crippen LogP contribution in [0.5, 0.6) is 0 Å². The Morgan fingerprint density at radius 3 is 2.57 bits per heavy atom. The molecule has 0 bridgehead atoms. The second kappa shape index (κ2) is 7.42. The Morgan fingerprint density at radius 2 is 2.00 bits per heavy atom. The van der Waals surface area contributed by atoms with E-state index in [1.165, 1.54) is 11.8 Å². The molecule has 0 fully saturated rings. The van der Waals surface area contributed by atoms with Gasteiger partial charge >= 0.3 is 0 Å². The van der Waals surface area contributed by atoms with Gasteiger partial charge in [0.25, 0.3) is 5.91 Å². The van der Waals surface area contributed by atoms with Crippen molar-refractivity contribution in [3.63, 3.8) is 0 Å². The van der Waals surface area contributed by atoms with Crippen molar-refractivity contribution in [3.05, 3.63) is 30.4 Å². The van der Waals surface area contributed by atoms with Gasteiger partial charge < -0.3 is 4.90 Å². The Hall–Kier alpha value is -1.60. The van der Waals surface area contributed by atoms with E-state index in [-0.39, 0.29) is 5.91 Å². The van der Waals surface area contributed by atoms with Gasteiger partial charge in [0, 0.05) is 31.7 Å². The number of aromatic nitrogens is 4. The molecule has 0 saturated heterocycles. The number of rotatable bonds is 6. The molecule has 0 atom stereocenters. The van der Waals surface area contributed by atoms with E-state index in [9.17, 15) is 4.79 Å². The zero-order chi connectivity index (χ0) is 15.2. The number of nitrogens with zero attached hydrogens (tertiary/aromatic N) is 5. The lowest BCUT2D eigenvalue weighted by molar-refractivity contribution is 0.0767. The summed E-state index contributed by atoms with van der Waals surface area (Å²) >= 11 is 7.10. The average Bonchev–Trinajstić information content (AvgIpc) is 2.94. The van der Waals surface area contributed by atoms with Crippen LogP contribution in [0.4, 0.5) is 0 Å². The number of halogens is 1. The Bertz CT molecular complexity index is 600. The van der Waals surface area contributed by atoms with Crippen LogP contribution in [0.15, 0.2) is 29.8 Å². The van der Waals surface area contributed by atoms with Crippen molar-refractivity contribution in [1.82, 2.24) is 24.4 Å². The Balaban J connectivity index is 2.40. The van der Waals surface area contributed by atoms with Crippen LogP contribution < -0.4 is 0 Å².